The monoisotopic (exact) mass is 1420 g/mol. The van der Waals surface area contributed by atoms with Gasteiger partial charge in [-0.15, -0.1) is 5.06 Å². The molecule has 0 spiro atoms. The maximum absolute atomic E-state index is 13.1. The summed E-state index contributed by atoms with van der Waals surface area (Å²) in [6, 6.07) is 9.28. The number of carbonyl (C=O) groups is 3. The van der Waals surface area contributed by atoms with Crippen LogP contribution >= 0.6 is 0 Å². The van der Waals surface area contributed by atoms with Crippen molar-refractivity contribution in [1.29, 1.82) is 0 Å². The van der Waals surface area contributed by atoms with Crippen LogP contribution in [0.1, 0.15) is 63.5 Å². The van der Waals surface area contributed by atoms with E-state index >= 15 is 0 Å². The molecule has 0 radical (unpaired) electrons. The van der Waals surface area contributed by atoms with Crippen LogP contribution in [-0.4, -0.2) is 224 Å². The molecule has 518 valence electrons. The average molecular weight is 1420 g/mol. The quantitative estimate of drug-likeness (QED) is 0.0134. The third-order valence-electron chi connectivity index (χ3n) is 15.8. The lowest BCUT2D eigenvalue weighted by Gasteiger charge is -2.31. The highest BCUT2D eigenvalue weighted by molar-refractivity contribution is 7.87. The molecule has 1 saturated heterocycles. The molecule has 0 bridgehead atoms. The fourth-order valence-electron chi connectivity index (χ4n) is 11.5. The highest BCUT2D eigenvalue weighted by atomic mass is 32.2. The van der Waals surface area contributed by atoms with Crippen molar-refractivity contribution < 1.29 is 127 Å². The molecule has 94 heavy (non-hydrogen) atoms. The molecule has 35 heteroatoms. The average Bonchev–Trinajstić information content (AvgIpc) is 1.53. The summed E-state index contributed by atoms with van der Waals surface area (Å²) < 4.78 is 225. The Hall–Kier alpha value is -6.07. The maximum atomic E-state index is 13.1. The van der Waals surface area contributed by atoms with E-state index < -0.39 is 105 Å². The van der Waals surface area contributed by atoms with Gasteiger partial charge in [0.1, 0.15) is 16.4 Å². The Morgan fingerprint density at radius 1 is 0.553 bits per heavy atom. The minimum absolute atomic E-state index is 0.0152. The normalized spacial score (nSPS) is 18.6. The zero-order valence-corrected chi connectivity index (χ0v) is 56.0. The van der Waals surface area contributed by atoms with Gasteiger partial charge in [-0.25, -0.2) is 4.79 Å². The lowest BCUT2D eigenvalue weighted by molar-refractivity contribution is -0.441. The number of rotatable bonds is 39. The first-order chi connectivity index (χ1) is 44.3. The number of carbonyl (C=O) groups excluding carboxylic acids is 3. The first-order valence-electron chi connectivity index (χ1n) is 29.3. The number of anilines is 1. The number of amides is 2. The molecule has 1 fully saturated rings. The summed E-state index contributed by atoms with van der Waals surface area (Å²) in [5.41, 5.74) is -0.151. The van der Waals surface area contributed by atoms with Gasteiger partial charge in [0.2, 0.25) is 5.69 Å². The molecule has 3 heterocycles. The third kappa shape index (κ3) is 18.9. The molecule has 4 aromatic carbocycles. The molecular weight excluding hydrogens is 1340 g/mol. The van der Waals surface area contributed by atoms with Crippen molar-refractivity contribution in [2.75, 3.05) is 130 Å². The Kier molecular flexibility index (Phi) is 25.9. The third-order valence-corrected chi connectivity index (χ3v) is 20.0. The van der Waals surface area contributed by atoms with Crippen LogP contribution in [0.15, 0.2) is 104 Å². The number of hydroxylamine groups is 2. The summed E-state index contributed by atoms with van der Waals surface area (Å²) in [6.07, 6.45) is 7.85. The largest absolute Gasteiger partial charge is 0.382 e. The number of ether oxygens (including phenoxy) is 8. The van der Waals surface area contributed by atoms with E-state index in [1.165, 1.54) is 25.3 Å². The van der Waals surface area contributed by atoms with Crippen LogP contribution in [0, 0.1) is 0 Å². The Morgan fingerprint density at radius 3 is 1.57 bits per heavy atom. The molecule has 5 N–H and O–H groups in total. The van der Waals surface area contributed by atoms with E-state index in [1.807, 2.05) is 11.8 Å². The summed E-state index contributed by atoms with van der Waals surface area (Å²) in [5.74, 6) is -2.76. The van der Waals surface area contributed by atoms with Crippen LogP contribution in [0.3, 0.4) is 0 Å². The Bertz CT molecular complexity index is 4180. The first kappa shape index (κ1) is 75.3. The molecule has 2 unspecified atom stereocenters. The van der Waals surface area contributed by atoms with Gasteiger partial charge >= 0.3 is 5.97 Å². The second-order valence-electron chi connectivity index (χ2n) is 22.1. The predicted molar refractivity (Wildman–Crippen MR) is 336 cm³/mol. The fourth-order valence-corrected chi connectivity index (χ4v) is 14.7. The van der Waals surface area contributed by atoms with Crippen LogP contribution in [-0.2, 0) is 119 Å². The van der Waals surface area contributed by atoms with Gasteiger partial charge in [0.25, 0.3) is 62.4 Å². The number of hydrogen-bond donors (Lipinski definition) is 5. The van der Waals surface area contributed by atoms with Gasteiger partial charge in [0.05, 0.1) is 107 Å². The van der Waals surface area contributed by atoms with Crippen molar-refractivity contribution in [1.82, 2.24) is 5.06 Å². The SMILES string of the molecule is COCCOCCOCCOCCC1(C)\C(=C/C=C/C=C/C2=[N+](CCOC)c3ccc4c(S(=O)(=O)O)cc(S(=O)(=O)O)cc4c3C2(C)CCCS(=O)(=O)O)N(CCOCCOCCOCCC(=O)ON2C(=O)CCC2=O)c2ccc3c(S(=O)(=O)O)cc(S(=O)(=O)O)cc3c21. The van der Waals surface area contributed by atoms with E-state index in [0.717, 1.165) is 12.1 Å². The van der Waals surface area contributed by atoms with Crippen LogP contribution in [0.5, 0.6) is 0 Å². The van der Waals surface area contributed by atoms with Gasteiger partial charge in [0, 0.05) is 85.5 Å². The summed E-state index contributed by atoms with van der Waals surface area (Å²) in [7, 11) is -22.1. The van der Waals surface area contributed by atoms with Crippen molar-refractivity contribution >= 4 is 107 Å². The summed E-state index contributed by atoms with van der Waals surface area (Å²) in [5, 5.41) is 0.226. The standard InChI is InChI=1S/C59H75N3O27S5/c1-58(18-8-36-90(66,67)68)51(60(20-24-81-3)47-13-11-43-45(56(47)58)37-41(91(69,70)71)39-49(43)93(75,76)77)9-6-5-7-10-52-59(2,19-23-84-29-32-88-35-34-86-27-26-82-4)57-46-38-42(92(72,73)74)40-50(94(78,79)80)44(46)12-14-48(57)61(52)21-25-85-30-33-87-31-28-83-22-17-55(65)89-62-53(63)15-16-54(62)64/h5-7,9-14,37-40H,8,15-36H2,1-4H3,(H4-,66,67,68,69,70,71,72,73,74,75,76,77,78,79,80)/p+1. The van der Waals surface area contributed by atoms with Crippen molar-refractivity contribution in [2.45, 2.75) is 82.8 Å². The lowest BCUT2D eigenvalue weighted by atomic mass is 9.74. The molecule has 3 aliphatic heterocycles. The Balaban J connectivity index is 1.25. The summed E-state index contributed by atoms with van der Waals surface area (Å²) >= 11 is 0. The smallest absolute Gasteiger partial charge is 0.335 e. The van der Waals surface area contributed by atoms with Crippen molar-refractivity contribution in [3.8, 4) is 0 Å². The minimum atomic E-state index is -5.15. The number of imide groups is 1. The second kappa shape index (κ2) is 32.3. The molecule has 0 aromatic heterocycles. The van der Waals surface area contributed by atoms with Crippen LogP contribution < -0.4 is 4.90 Å². The molecule has 30 nitrogen and oxygen atoms in total. The number of hydrogen-bond acceptors (Lipinski definition) is 23. The van der Waals surface area contributed by atoms with E-state index in [4.69, 9.17) is 42.7 Å². The van der Waals surface area contributed by atoms with E-state index in [2.05, 4.69) is 0 Å². The molecule has 7 rings (SSSR count). The molecule has 4 aromatic rings. The van der Waals surface area contributed by atoms with E-state index in [1.54, 1.807) is 55.1 Å². The van der Waals surface area contributed by atoms with Gasteiger partial charge in [-0.2, -0.15) is 46.7 Å². The maximum Gasteiger partial charge on any atom is 0.335 e. The Morgan fingerprint density at radius 2 is 1.05 bits per heavy atom. The van der Waals surface area contributed by atoms with Crippen LogP contribution in [0.2, 0.25) is 0 Å². The van der Waals surface area contributed by atoms with Crippen molar-refractivity contribution in [3.05, 3.63) is 95.7 Å². The van der Waals surface area contributed by atoms with E-state index in [9.17, 15) is 79.2 Å². The highest BCUT2D eigenvalue weighted by Crippen LogP contribution is 2.54. The zero-order valence-electron chi connectivity index (χ0n) is 51.9. The zero-order chi connectivity index (χ0) is 68.9. The van der Waals surface area contributed by atoms with Crippen LogP contribution in [0.25, 0.3) is 21.5 Å². The van der Waals surface area contributed by atoms with Crippen molar-refractivity contribution in [2.24, 2.45) is 0 Å². The molecule has 0 saturated carbocycles. The predicted octanol–water partition coefficient (Wildman–Crippen LogP) is 4.56. The lowest BCUT2D eigenvalue weighted by Crippen LogP contribution is -2.32. The summed E-state index contributed by atoms with van der Waals surface area (Å²) in [4.78, 5) is 39.0. The van der Waals surface area contributed by atoms with Gasteiger partial charge < -0.3 is 47.6 Å². The van der Waals surface area contributed by atoms with E-state index in [-0.39, 0.29) is 151 Å². The van der Waals surface area contributed by atoms with Crippen molar-refractivity contribution in [3.63, 3.8) is 0 Å². The number of fused-ring (bicyclic) bond motifs is 6. The minimum Gasteiger partial charge on any atom is -0.382 e. The second-order valence-corrected chi connectivity index (χ2v) is 29.3. The van der Waals surface area contributed by atoms with E-state index in [0.29, 0.717) is 65.4 Å². The molecule has 2 atom stereocenters. The molecule has 2 amide bonds. The van der Waals surface area contributed by atoms with Crippen LogP contribution in [0.4, 0.5) is 11.4 Å². The molecule has 0 aliphatic carbocycles. The van der Waals surface area contributed by atoms with Gasteiger partial charge in [0.15, 0.2) is 12.3 Å². The van der Waals surface area contributed by atoms with Gasteiger partial charge in [-0.05, 0) is 91.9 Å². The van der Waals surface area contributed by atoms with Gasteiger partial charge in [-0.1, -0.05) is 24.3 Å². The first-order valence-corrected chi connectivity index (χ1v) is 36.7. The highest BCUT2D eigenvalue weighted by Gasteiger charge is 2.50. The molecule has 3 aliphatic rings. The topological polar surface area (TPSA) is 416 Å². The number of benzene rings is 4. The van der Waals surface area contributed by atoms with Gasteiger partial charge in [-0.3, -0.25) is 32.4 Å². The number of nitrogens with zero attached hydrogens (tertiary/aromatic N) is 3. The Labute approximate surface area is 544 Å². The fraction of sp³-hybridized carbons (Fsp3) is 0.492. The number of methoxy groups -OCH3 is 2. The molecular formula is C59H76N3O27S5+. The number of allylic oxidation sites excluding steroid dienone is 6. The summed E-state index contributed by atoms with van der Waals surface area (Å²) in [6.45, 7) is 5.66.